The first-order chi connectivity index (χ1) is 6.43. The van der Waals surface area contributed by atoms with E-state index < -0.39 is 0 Å². The summed E-state index contributed by atoms with van der Waals surface area (Å²) in [6.07, 6.45) is 12.2. The van der Waals surface area contributed by atoms with Gasteiger partial charge in [-0.1, -0.05) is 32.6 Å². The van der Waals surface area contributed by atoms with Crippen LogP contribution in [0.1, 0.15) is 64.7 Å². The summed E-state index contributed by atoms with van der Waals surface area (Å²) in [7, 11) is 0. The van der Waals surface area contributed by atoms with Gasteiger partial charge in [0.05, 0.1) is 0 Å². The van der Waals surface area contributed by atoms with Gasteiger partial charge in [0.2, 0.25) is 0 Å². The van der Waals surface area contributed by atoms with E-state index in [9.17, 15) is 0 Å². The molecule has 1 rings (SSSR count). The summed E-state index contributed by atoms with van der Waals surface area (Å²) < 4.78 is 0. The molecule has 0 amide bonds. The van der Waals surface area contributed by atoms with Crippen molar-refractivity contribution in [3.8, 4) is 0 Å². The van der Waals surface area contributed by atoms with Crippen LogP contribution in [0.5, 0.6) is 0 Å². The lowest BCUT2D eigenvalue weighted by atomic mass is 9.99. The SMILES string of the molecule is CCCCN=C1CCCCCCC1. The summed E-state index contributed by atoms with van der Waals surface area (Å²) in [5.41, 5.74) is 1.51. The molecule has 1 aliphatic rings. The highest BCUT2D eigenvalue weighted by Gasteiger charge is 2.03. The fraction of sp³-hybridized carbons (Fsp3) is 0.917. The second kappa shape index (κ2) is 7.11. The van der Waals surface area contributed by atoms with Gasteiger partial charge in [-0.2, -0.15) is 0 Å². The van der Waals surface area contributed by atoms with Crippen molar-refractivity contribution in [1.82, 2.24) is 0 Å². The molecular formula is C12H23N. The lowest BCUT2D eigenvalue weighted by molar-refractivity contribution is 0.604. The van der Waals surface area contributed by atoms with Crippen LogP contribution in [0, 0.1) is 0 Å². The maximum absolute atomic E-state index is 4.69. The van der Waals surface area contributed by atoms with E-state index in [2.05, 4.69) is 6.92 Å². The molecule has 0 aliphatic heterocycles. The molecule has 0 aromatic rings. The van der Waals surface area contributed by atoms with Gasteiger partial charge in [0, 0.05) is 12.3 Å². The summed E-state index contributed by atoms with van der Waals surface area (Å²) in [5, 5.41) is 0. The second-order valence-corrected chi connectivity index (χ2v) is 4.07. The van der Waals surface area contributed by atoms with Gasteiger partial charge in [0.25, 0.3) is 0 Å². The zero-order valence-corrected chi connectivity index (χ0v) is 9.02. The van der Waals surface area contributed by atoms with E-state index in [1.54, 1.807) is 0 Å². The van der Waals surface area contributed by atoms with E-state index >= 15 is 0 Å². The minimum Gasteiger partial charge on any atom is -0.294 e. The van der Waals surface area contributed by atoms with Gasteiger partial charge >= 0.3 is 0 Å². The van der Waals surface area contributed by atoms with Gasteiger partial charge in [-0.3, -0.25) is 4.99 Å². The fourth-order valence-electron chi connectivity index (χ4n) is 1.87. The Morgan fingerprint density at radius 1 is 1.00 bits per heavy atom. The van der Waals surface area contributed by atoms with E-state index in [0.29, 0.717) is 0 Å². The molecule has 76 valence electrons. The summed E-state index contributed by atoms with van der Waals surface area (Å²) in [5.74, 6) is 0. The first kappa shape index (κ1) is 10.7. The van der Waals surface area contributed by atoms with Crippen molar-refractivity contribution < 1.29 is 0 Å². The van der Waals surface area contributed by atoms with Gasteiger partial charge in [-0.25, -0.2) is 0 Å². The molecule has 0 heterocycles. The summed E-state index contributed by atoms with van der Waals surface area (Å²) >= 11 is 0. The number of rotatable bonds is 3. The quantitative estimate of drug-likeness (QED) is 0.584. The smallest absolute Gasteiger partial charge is 0.0388 e. The van der Waals surface area contributed by atoms with Gasteiger partial charge < -0.3 is 0 Å². The maximum Gasteiger partial charge on any atom is 0.0388 e. The molecule has 0 unspecified atom stereocenters. The van der Waals surface area contributed by atoms with Gasteiger partial charge in [0.15, 0.2) is 0 Å². The predicted molar refractivity (Wildman–Crippen MR) is 59.5 cm³/mol. The molecule has 0 radical (unpaired) electrons. The molecule has 0 spiro atoms. The Labute approximate surface area is 82.6 Å². The van der Waals surface area contributed by atoms with E-state index in [0.717, 1.165) is 6.54 Å². The van der Waals surface area contributed by atoms with Crippen LogP contribution in [0.3, 0.4) is 0 Å². The third-order valence-electron chi connectivity index (χ3n) is 2.78. The fourth-order valence-corrected chi connectivity index (χ4v) is 1.87. The average molecular weight is 181 g/mol. The maximum atomic E-state index is 4.69. The van der Waals surface area contributed by atoms with Crippen LogP contribution in [0.2, 0.25) is 0 Å². The zero-order chi connectivity index (χ0) is 9.36. The zero-order valence-electron chi connectivity index (χ0n) is 9.02. The lowest BCUT2D eigenvalue weighted by Crippen LogP contribution is -2.03. The van der Waals surface area contributed by atoms with E-state index in [1.807, 2.05) is 0 Å². The third-order valence-corrected chi connectivity index (χ3v) is 2.78. The van der Waals surface area contributed by atoms with Crippen LogP contribution < -0.4 is 0 Å². The molecule has 0 atom stereocenters. The number of aliphatic imine (C=N–C) groups is 1. The first-order valence-corrected chi connectivity index (χ1v) is 5.95. The van der Waals surface area contributed by atoms with Crippen LogP contribution in [0.15, 0.2) is 4.99 Å². The monoisotopic (exact) mass is 181 g/mol. The Balaban J connectivity index is 2.23. The second-order valence-electron chi connectivity index (χ2n) is 4.07. The van der Waals surface area contributed by atoms with E-state index in [4.69, 9.17) is 4.99 Å². The molecule has 1 heteroatoms. The Bertz CT molecular complexity index is 139. The Morgan fingerprint density at radius 2 is 1.62 bits per heavy atom. The Morgan fingerprint density at radius 3 is 2.23 bits per heavy atom. The van der Waals surface area contributed by atoms with Gasteiger partial charge in [-0.15, -0.1) is 0 Å². The highest BCUT2D eigenvalue weighted by molar-refractivity contribution is 5.84. The van der Waals surface area contributed by atoms with Gasteiger partial charge in [-0.05, 0) is 32.1 Å². The van der Waals surface area contributed by atoms with Crippen molar-refractivity contribution in [3.63, 3.8) is 0 Å². The van der Waals surface area contributed by atoms with E-state index in [1.165, 1.54) is 63.5 Å². The highest BCUT2D eigenvalue weighted by Crippen LogP contribution is 2.15. The van der Waals surface area contributed by atoms with Gasteiger partial charge in [0.1, 0.15) is 0 Å². The molecule has 0 aromatic heterocycles. The number of hydrogen-bond donors (Lipinski definition) is 0. The molecule has 1 fully saturated rings. The summed E-state index contributed by atoms with van der Waals surface area (Å²) in [4.78, 5) is 4.69. The minimum absolute atomic E-state index is 1.08. The largest absolute Gasteiger partial charge is 0.294 e. The van der Waals surface area contributed by atoms with Crippen molar-refractivity contribution in [2.75, 3.05) is 6.54 Å². The standard InChI is InChI=1S/C12H23N/c1-2-3-11-13-12-9-7-5-4-6-8-10-12/h2-11H2,1H3. The minimum atomic E-state index is 1.08. The molecule has 1 nitrogen and oxygen atoms in total. The van der Waals surface area contributed by atoms with Crippen LogP contribution in [0.4, 0.5) is 0 Å². The Hall–Kier alpha value is -0.330. The lowest BCUT2D eigenvalue weighted by Gasteiger charge is -2.10. The summed E-state index contributed by atoms with van der Waals surface area (Å²) in [6, 6.07) is 0. The number of hydrogen-bond acceptors (Lipinski definition) is 1. The van der Waals surface area contributed by atoms with Crippen molar-refractivity contribution in [1.29, 1.82) is 0 Å². The topological polar surface area (TPSA) is 12.4 Å². The van der Waals surface area contributed by atoms with Crippen molar-refractivity contribution in [2.45, 2.75) is 64.7 Å². The normalized spacial score (nSPS) is 19.3. The van der Waals surface area contributed by atoms with Crippen LogP contribution in [-0.4, -0.2) is 12.3 Å². The van der Waals surface area contributed by atoms with Crippen LogP contribution in [-0.2, 0) is 0 Å². The summed E-state index contributed by atoms with van der Waals surface area (Å²) in [6.45, 7) is 3.31. The molecule has 0 aromatic carbocycles. The van der Waals surface area contributed by atoms with Crippen LogP contribution in [0.25, 0.3) is 0 Å². The first-order valence-electron chi connectivity index (χ1n) is 5.95. The predicted octanol–water partition coefficient (Wildman–Crippen LogP) is 3.97. The number of unbranched alkanes of at least 4 members (excludes halogenated alkanes) is 1. The molecule has 0 saturated heterocycles. The number of nitrogens with zero attached hydrogens (tertiary/aromatic N) is 1. The van der Waals surface area contributed by atoms with Crippen molar-refractivity contribution in [3.05, 3.63) is 0 Å². The third kappa shape index (κ3) is 5.07. The van der Waals surface area contributed by atoms with Crippen LogP contribution >= 0.6 is 0 Å². The molecular weight excluding hydrogens is 158 g/mol. The Kier molecular flexibility index (Phi) is 5.88. The van der Waals surface area contributed by atoms with Crippen molar-refractivity contribution >= 4 is 5.71 Å². The average Bonchev–Trinajstić information content (AvgIpc) is 2.08. The van der Waals surface area contributed by atoms with Crippen molar-refractivity contribution in [2.24, 2.45) is 4.99 Å². The van der Waals surface area contributed by atoms with E-state index in [-0.39, 0.29) is 0 Å². The molecule has 13 heavy (non-hydrogen) atoms. The molecule has 1 aliphatic carbocycles. The molecule has 0 bridgehead atoms. The molecule has 1 saturated carbocycles. The molecule has 0 N–H and O–H groups in total. The highest BCUT2D eigenvalue weighted by atomic mass is 14.7.